The molecule has 0 aliphatic heterocycles. The molecule has 0 bridgehead atoms. The second-order valence-corrected chi connectivity index (χ2v) is 11.8. The molecule has 0 atom stereocenters. The number of hydrogen-bond acceptors (Lipinski definition) is 5. The molecule has 0 saturated carbocycles. The fourth-order valence-electron chi connectivity index (χ4n) is 0.956. The Hall–Kier alpha value is -1.39. The molecular weight excluding hydrogens is 278 g/mol. The van der Waals surface area contributed by atoms with Gasteiger partial charge in [0.05, 0.1) is 0 Å². The molecule has 0 aromatic carbocycles. The molecule has 5 nitrogen and oxygen atoms in total. The van der Waals surface area contributed by atoms with Crippen LogP contribution >= 0.6 is 11.3 Å². The number of aromatic nitrogens is 2. The first-order valence-electron chi connectivity index (χ1n) is 5.92. The third-order valence-electron chi connectivity index (χ3n) is 1.58. The molecule has 0 spiro atoms. The van der Waals surface area contributed by atoms with E-state index < -0.39 is 19.8 Å². The zero-order valence-electron chi connectivity index (χ0n) is 12.1. The van der Waals surface area contributed by atoms with Crippen LogP contribution in [-0.2, 0) is 4.74 Å². The normalized spacial score (nSPS) is 11.5. The van der Waals surface area contributed by atoms with Crippen molar-refractivity contribution in [2.45, 2.75) is 46.0 Å². The van der Waals surface area contributed by atoms with E-state index in [0.717, 1.165) is 0 Å². The highest BCUT2D eigenvalue weighted by molar-refractivity contribution is 7.15. The molecule has 1 rings (SSSR count). The van der Waals surface area contributed by atoms with Crippen LogP contribution < -0.4 is 5.32 Å². The second-order valence-electron chi connectivity index (χ2n) is 6.04. The van der Waals surface area contributed by atoms with Gasteiger partial charge in [0, 0.05) is 0 Å². The first-order valence-corrected chi connectivity index (χ1v) is 10.2. The van der Waals surface area contributed by atoms with Gasteiger partial charge in [-0.05, 0) is 26.7 Å². The summed E-state index contributed by atoms with van der Waals surface area (Å²) in [6, 6.07) is 0. The molecule has 1 amide bonds. The Kier molecular flexibility index (Phi) is 4.71. The fraction of sp³-hybridized carbons (Fsp3) is 0.583. The van der Waals surface area contributed by atoms with Crippen molar-refractivity contribution in [1.29, 1.82) is 0 Å². The summed E-state index contributed by atoms with van der Waals surface area (Å²) in [5.74, 6) is 2.99. The van der Waals surface area contributed by atoms with Crippen molar-refractivity contribution in [2.75, 3.05) is 5.32 Å². The number of amides is 1. The quantitative estimate of drug-likeness (QED) is 0.639. The minimum Gasteiger partial charge on any atom is -0.444 e. The molecule has 19 heavy (non-hydrogen) atoms. The molecule has 104 valence electrons. The van der Waals surface area contributed by atoms with Gasteiger partial charge in [0.15, 0.2) is 5.01 Å². The molecule has 1 aromatic rings. The summed E-state index contributed by atoms with van der Waals surface area (Å²) in [7, 11) is -1.43. The molecule has 1 N–H and O–H groups in total. The Labute approximate surface area is 118 Å². The monoisotopic (exact) mass is 297 g/mol. The highest BCUT2D eigenvalue weighted by Crippen LogP contribution is 2.16. The maximum atomic E-state index is 11.5. The number of carbonyl (C=O) groups is 1. The molecule has 0 fully saturated rings. The van der Waals surface area contributed by atoms with Gasteiger partial charge in [-0.15, -0.1) is 15.7 Å². The minimum atomic E-state index is -1.43. The molecule has 1 aromatic heterocycles. The van der Waals surface area contributed by atoms with E-state index in [-0.39, 0.29) is 0 Å². The second kappa shape index (κ2) is 5.71. The molecule has 0 saturated heterocycles. The summed E-state index contributed by atoms with van der Waals surface area (Å²) < 4.78 is 5.12. The Bertz CT molecular complexity index is 518. The molecule has 0 aliphatic carbocycles. The van der Waals surface area contributed by atoms with E-state index in [1.165, 1.54) is 11.3 Å². The van der Waals surface area contributed by atoms with Crippen molar-refractivity contribution < 1.29 is 9.53 Å². The van der Waals surface area contributed by atoms with Crippen LogP contribution in [0.5, 0.6) is 0 Å². The first kappa shape index (κ1) is 15.7. The highest BCUT2D eigenvalue weighted by atomic mass is 32.1. The van der Waals surface area contributed by atoms with Crippen LogP contribution in [-0.4, -0.2) is 30.0 Å². The van der Waals surface area contributed by atoms with Gasteiger partial charge in [-0.2, -0.15) is 0 Å². The number of anilines is 1. The van der Waals surface area contributed by atoms with Crippen LogP contribution in [0.4, 0.5) is 9.93 Å². The van der Waals surface area contributed by atoms with Gasteiger partial charge in [0.2, 0.25) is 5.13 Å². The van der Waals surface area contributed by atoms with Gasteiger partial charge in [-0.3, -0.25) is 5.32 Å². The third-order valence-corrected chi connectivity index (χ3v) is 3.21. The lowest BCUT2D eigenvalue weighted by molar-refractivity contribution is 0.0636. The zero-order valence-corrected chi connectivity index (χ0v) is 13.9. The Morgan fingerprint density at radius 3 is 2.47 bits per heavy atom. The van der Waals surface area contributed by atoms with Crippen molar-refractivity contribution in [3.05, 3.63) is 5.01 Å². The Morgan fingerprint density at radius 2 is 1.95 bits per heavy atom. The third kappa shape index (κ3) is 6.93. The van der Waals surface area contributed by atoms with Crippen LogP contribution in [0, 0.1) is 11.5 Å². The zero-order chi connectivity index (χ0) is 14.7. The maximum absolute atomic E-state index is 11.5. The SMILES string of the molecule is CC(C)(C)OC(=O)Nc1nnc(C#C[Si](C)(C)C)s1. The summed E-state index contributed by atoms with van der Waals surface area (Å²) in [6.45, 7) is 11.9. The average Bonchev–Trinajstić information content (AvgIpc) is 2.58. The van der Waals surface area contributed by atoms with Crippen molar-refractivity contribution in [3.63, 3.8) is 0 Å². The standard InChI is InChI=1S/C12H19N3O2SSi/c1-12(2,3)17-11(16)13-10-15-14-9(18-10)7-8-19(4,5)6/h1-6H3,(H,13,15,16). The van der Waals surface area contributed by atoms with Gasteiger partial charge in [-0.25, -0.2) is 4.79 Å². The van der Waals surface area contributed by atoms with E-state index in [0.29, 0.717) is 10.1 Å². The molecule has 0 radical (unpaired) electrons. The fourth-order valence-corrected chi connectivity index (χ4v) is 2.12. The summed E-state index contributed by atoms with van der Waals surface area (Å²) >= 11 is 1.24. The van der Waals surface area contributed by atoms with E-state index in [1.54, 1.807) is 20.8 Å². The molecule has 0 unspecified atom stereocenters. The maximum Gasteiger partial charge on any atom is 0.414 e. The van der Waals surface area contributed by atoms with Crippen LogP contribution in [0.2, 0.25) is 19.6 Å². The predicted octanol–water partition coefficient (Wildman–Crippen LogP) is 3.11. The molecule has 0 aliphatic rings. The van der Waals surface area contributed by atoms with Crippen LogP contribution in [0.15, 0.2) is 0 Å². The van der Waals surface area contributed by atoms with Crippen molar-refractivity contribution in [1.82, 2.24) is 10.2 Å². The number of rotatable bonds is 1. The number of ether oxygens (including phenoxy) is 1. The topological polar surface area (TPSA) is 64.1 Å². The summed E-state index contributed by atoms with van der Waals surface area (Å²) in [4.78, 5) is 11.5. The molecule has 7 heteroatoms. The van der Waals surface area contributed by atoms with Crippen molar-refractivity contribution >= 4 is 30.6 Å². The summed E-state index contributed by atoms with van der Waals surface area (Å²) in [6.07, 6.45) is -0.534. The number of hydrogen-bond donors (Lipinski definition) is 1. The van der Waals surface area contributed by atoms with Gasteiger partial charge in [-0.1, -0.05) is 31.0 Å². The predicted molar refractivity (Wildman–Crippen MR) is 80.0 cm³/mol. The van der Waals surface area contributed by atoms with Gasteiger partial charge >= 0.3 is 6.09 Å². The summed E-state index contributed by atoms with van der Waals surface area (Å²) in [5, 5.41) is 11.3. The van der Waals surface area contributed by atoms with Crippen LogP contribution in [0.1, 0.15) is 25.8 Å². The lowest BCUT2D eigenvalue weighted by Crippen LogP contribution is -2.27. The lowest BCUT2D eigenvalue weighted by Gasteiger charge is -2.18. The number of nitrogens with zero attached hydrogens (tertiary/aromatic N) is 2. The van der Waals surface area contributed by atoms with E-state index in [1.807, 2.05) is 0 Å². The molecular formula is C12H19N3O2SSi. The largest absolute Gasteiger partial charge is 0.444 e. The minimum absolute atomic E-state index is 0.397. The lowest BCUT2D eigenvalue weighted by atomic mass is 10.2. The Balaban J connectivity index is 2.65. The number of carbonyl (C=O) groups excluding carboxylic acids is 1. The highest BCUT2D eigenvalue weighted by Gasteiger charge is 2.17. The van der Waals surface area contributed by atoms with E-state index >= 15 is 0 Å². The van der Waals surface area contributed by atoms with E-state index in [2.05, 4.69) is 46.6 Å². The van der Waals surface area contributed by atoms with Crippen molar-refractivity contribution in [3.8, 4) is 11.5 Å². The van der Waals surface area contributed by atoms with E-state index in [9.17, 15) is 4.79 Å². The van der Waals surface area contributed by atoms with Crippen LogP contribution in [0.3, 0.4) is 0 Å². The smallest absolute Gasteiger partial charge is 0.414 e. The summed E-state index contributed by atoms with van der Waals surface area (Å²) in [5.41, 5.74) is 2.66. The molecule has 1 heterocycles. The van der Waals surface area contributed by atoms with E-state index in [4.69, 9.17) is 4.74 Å². The number of nitrogens with one attached hydrogen (secondary N) is 1. The van der Waals surface area contributed by atoms with Gasteiger partial charge in [0.1, 0.15) is 13.7 Å². The average molecular weight is 297 g/mol. The van der Waals surface area contributed by atoms with Gasteiger partial charge < -0.3 is 4.74 Å². The first-order chi connectivity index (χ1) is 8.55. The van der Waals surface area contributed by atoms with Gasteiger partial charge in [0.25, 0.3) is 0 Å². The Morgan fingerprint density at radius 1 is 1.32 bits per heavy atom. The van der Waals surface area contributed by atoms with Crippen molar-refractivity contribution in [2.24, 2.45) is 0 Å². The van der Waals surface area contributed by atoms with Crippen LogP contribution in [0.25, 0.3) is 0 Å².